The maximum absolute atomic E-state index is 13.0. The number of hydrogen-bond acceptors (Lipinski definition) is 3. The second kappa shape index (κ2) is 7.88. The van der Waals surface area contributed by atoms with E-state index >= 15 is 0 Å². The van der Waals surface area contributed by atoms with E-state index < -0.39 is 0 Å². The summed E-state index contributed by atoms with van der Waals surface area (Å²) in [4.78, 5) is 17.0. The minimum absolute atomic E-state index is 0.160. The molecule has 0 aromatic heterocycles. The van der Waals surface area contributed by atoms with Gasteiger partial charge in [0, 0.05) is 39.3 Å². The molecule has 2 fully saturated rings. The van der Waals surface area contributed by atoms with E-state index in [0.29, 0.717) is 5.91 Å². The number of carbonyl (C=O) groups excluding carboxylic acids is 1. The number of carbonyl (C=O) groups is 1. The highest BCUT2D eigenvalue weighted by Crippen LogP contribution is 2.16. The highest BCUT2D eigenvalue weighted by Gasteiger charge is 2.27. The quantitative estimate of drug-likeness (QED) is 0.924. The van der Waals surface area contributed by atoms with Crippen LogP contribution in [0.15, 0.2) is 24.3 Å². The Bertz CT molecular complexity index is 514. The Kier molecular flexibility index (Phi) is 5.62. The monoisotopic (exact) mass is 319 g/mol. The standard InChI is InChI=1S/C18H26FN3O/c19-17-6-4-15(5-7-17)14-21-9-2-10-22(12-11-21)18(23)16-3-1-8-20-13-16/h4-7,16,20H,1-3,8-14H2. The number of rotatable bonds is 3. The van der Waals surface area contributed by atoms with Crippen LogP contribution in [0.2, 0.25) is 0 Å². The summed E-state index contributed by atoms with van der Waals surface area (Å²) in [5.74, 6) is 0.288. The van der Waals surface area contributed by atoms with E-state index in [9.17, 15) is 9.18 Å². The Morgan fingerprint density at radius 2 is 1.96 bits per heavy atom. The largest absolute Gasteiger partial charge is 0.341 e. The van der Waals surface area contributed by atoms with E-state index in [2.05, 4.69) is 10.2 Å². The van der Waals surface area contributed by atoms with Crippen LogP contribution >= 0.6 is 0 Å². The number of nitrogens with one attached hydrogen (secondary N) is 1. The highest BCUT2D eigenvalue weighted by atomic mass is 19.1. The van der Waals surface area contributed by atoms with E-state index in [4.69, 9.17) is 0 Å². The van der Waals surface area contributed by atoms with Crippen LogP contribution in [0.25, 0.3) is 0 Å². The van der Waals surface area contributed by atoms with Crippen molar-refractivity contribution in [3.63, 3.8) is 0 Å². The molecule has 1 aromatic carbocycles. The van der Waals surface area contributed by atoms with Gasteiger partial charge in [0.15, 0.2) is 0 Å². The molecule has 2 aliphatic heterocycles. The molecule has 126 valence electrons. The zero-order valence-electron chi connectivity index (χ0n) is 13.6. The Labute approximate surface area is 137 Å². The van der Waals surface area contributed by atoms with Gasteiger partial charge in [0.2, 0.25) is 5.91 Å². The molecule has 2 saturated heterocycles. The lowest BCUT2D eigenvalue weighted by molar-refractivity contribution is -0.135. The fourth-order valence-corrected chi connectivity index (χ4v) is 3.52. The van der Waals surface area contributed by atoms with E-state index in [1.165, 1.54) is 12.1 Å². The first kappa shape index (κ1) is 16.4. The summed E-state index contributed by atoms with van der Waals surface area (Å²) in [6.07, 6.45) is 3.12. The van der Waals surface area contributed by atoms with Crippen LogP contribution in [-0.4, -0.2) is 55.0 Å². The van der Waals surface area contributed by atoms with Gasteiger partial charge in [-0.2, -0.15) is 0 Å². The molecule has 0 radical (unpaired) electrons. The van der Waals surface area contributed by atoms with Crippen LogP contribution in [0.3, 0.4) is 0 Å². The third-order valence-electron chi connectivity index (χ3n) is 4.87. The molecule has 0 bridgehead atoms. The molecule has 1 N–H and O–H groups in total. The van der Waals surface area contributed by atoms with Crippen LogP contribution < -0.4 is 5.32 Å². The topological polar surface area (TPSA) is 35.6 Å². The third-order valence-corrected chi connectivity index (χ3v) is 4.87. The van der Waals surface area contributed by atoms with Crippen LogP contribution in [0.4, 0.5) is 4.39 Å². The molecule has 1 aromatic rings. The lowest BCUT2D eigenvalue weighted by Gasteiger charge is -2.29. The second-order valence-electron chi connectivity index (χ2n) is 6.62. The van der Waals surface area contributed by atoms with Crippen LogP contribution in [-0.2, 0) is 11.3 Å². The maximum Gasteiger partial charge on any atom is 0.227 e. The van der Waals surface area contributed by atoms with Crippen molar-refractivity contribution in [2.45, 2.75) is 25.8 Å². The number of benzene rings is 1. The second-order valence-corrected chi connectivity index (χ2v) is 6.62. The molecule has 2 aliphatic rings. The fraction of sp³-hybridized carbons (Fsp3) is 0.611. The Hall–Kier alpha value is -1.46. The number of hydrogen-bond donors (Lipinski definition) is 1. The van der Waals surface area contributed by atoms with Gasteiger partial charge < -0.3 is 10.2 Å². The van der Waals surface area contributed by atoms with Crippen molar-refractivity contribution < 1.29 is 9.18 Å². The number of piperidine rings is 1. The molecule has 4 nitrogen and oxygen atoms in total. The minimum atomic E-state index is -0.192. The SMILES string of the molecule is O=C(C1CCCNC1)N1CCCN(Cc2ccc(F)cc2)CC1. The van der Waals surface area contributed by atoms with E-state index in [1.54, 1.807) is 0 Å². The summed E-state index contributed by atoms with van der Waals surface area (Å²) in [5, 5.41) is 3.33. The van der Waals surface area contributed by atoms with Crippen molar-refractivity contribution in [3.05, 3.63) is 35.6 Å². The molecule has 23 heavy (non-hydrogen) atoms. The summed E-state index contributed by atoms with van der Waals surface area (Å²) < 4.78 is 13.0. The maximum atomic E-state index is 13.0. The lowest BCUT2D eigenvalue weighted by Crippen LogP contribution is -2.44. The summed E-state index contributed by atoms with van der Waals surface area (Å²) in [5.41, 5.74) is 1.13. The number of nitrogens with zero attached hydrogens (tertiary/aromatic N) is 2. The van der Waals surface area contributed by atoms with Crippen molar-refractivity contribution in [1.29, 1.82) is 0 Å². The van der Waals surface area contributed by atoms with Crippen molar-refractivity contribution in [2.24, 2.45) is 5.92 Å². The van der Waals surface area contributed by atoms with E-state index in [0.717, 1.165) is 70.6 Å². The zero-order chi connectivity index (χ0) is 16.1. The summed E-state index contributed by atoms with van der Waals surface area (Å²) in [6, 6.07) is 6.71. The van der Waals surface area contributed by atoms with E-state index in [1.807, 2.05) is 17.0 Å². The molecule has 1 atom stereocenters. The first-order valence-electron chi connectivity index (χ1n) is 8.69. The van der Waals surface area contributed by atoms with Gasteiger partial charge in [-0.1, -0.05) is 12.1 Å². The van der Waals surface area contributed by atoms with Gasteiger partial charge in [-0.25, -0.2) is 4.39 Å². The van der Waals surface area contributed by atoms with E-state index in [-0.39, 0.29) is 11.7 Å². The average molecular weight is 319 g/mol. The first-order chi connectivity index (χ1) is 11.2. The third kappa shape index (κ3) is 4.52. The summed E-state index contributed by atoms with van der Waals surface area (Å²) in [7, 11) is 0. The molecule has 1 amide bonds. The molecule has 0 saturated carbocycles. The smallest absolute Gasteiger partial charge is 0.227 e. The van der Waals surface area contributed by atoms with Crippen LogP contribution in [0.5, 0.6) is 0 Å². The Morgan fingerprint density at radius 1 is 1.13 bits per heavy atom. The van der Waals surface area contributed by atoms with Crippen molar-refractivity contribution >= 4 is 5.91 Å². The molecule has 0 spiro atoms. The predicted molar refractivity (Wildman–Crippen MR) is 88.5 cm³/mol. The van der Waals surface area contributed by atoms with Gasteiger partial charge in [-0.05, 0) is 43.5 Å². The fourth-order valence-electron chi connectivity index (χ4n) is 3.52. The van der Waals surface area contributed by atoms with Crippen LogP contribution in [0.1, 0.15) is 24.8 Å². The molecule has 5 heteroatoms. The van der Waals surface area contributed by atoms with Gasteiger partial charge in [0.25, 0.3) is 0 Å². The number of halogens is 1. The molecule has 3 rings (SSSR count). The van der Waals surface area contributed by atoms with Gasteiger partial charge in [0.05, 0.1) is 5.92 Å². The Morgan fingerprint density at radius 3 is 2.70 bits per heavy atom. The average Bonchev–Trinajstić information content (AvgIpc) is 2.83. The van der Waals surface area contributed by atoms with Crippen LogP contribution in [0, 0.1) is 11.7 Å². The molecule has 0 aliphatic carbocycles. The zero-order valence-corrected chi connectivity index (χ0v) is 13.6. The first-order valence-corrected chi connectivity index (χ1v) is 8.69. The normalized spacial score (nSPS) is 23.5. The minimum Gasteiger partial charge on any atom is -0.341 e. The number of amides is 1. The summed E-state index contributed by atoms with van der Waals surface area (Å²) in [6.45, 7) is 6.23. The van der Waals surface area contributed by atoms with Gasteiger partial charge in [-0.3, -0.25) is 9.69 Å². The van der Waals surface area contributed by atoms with Gasteiger partial charge in [0.1, 0.15) is 5.82 Å². The molecular weight excluding hydrogens is 293 g/mol. The van der Waals surface area contributed by atoms with Gasteiger partial charge >= 0.3 is 0 Å². The van der Waals surface area contributed by atoms with Crippen molar-refractivity contribution in [2.75, 3.05) is 39.3 Å². The highest BCUT2D eigenvalue weighted by molar-refractivity contribution is 5.79. The van der Waals surface area contributed by atoms with Crippen molar-refractivity contribution in [1.82, 2.24) is 15.1 Å². The Balaban J connectivity index is 1.52. The van der Waals surface area contributed by atoms with Gasteiger partial charge in [-0.15, -0.1) is 0 Å². The van der Waals surface area contributed by atoms with Crippen molar-refractivity contribution in [3.8, 4) is 0 Å². The molecule has 1 unspecified atom stereocenters. The molecular formula is C18H26FN3O. The lowest BCUT2D eigenvalue weighted by atomic mass is 9.98. The summed E-state index contributed by atoms with van der Waals surface area (Å²) >= 11 is 0. The predicted octanol–water partition coefficient (Wildman–Crippen LogP) is 1.86. The molecule has 2 heterocycles.